The van der Waals surface area contributed by atoms with Crippen molar-refractivity contribution in [2.45, 2.75) is 18.1 Å². The van der Waals surface area contributed by atoms with Gasteiger partial charge in [0.05, 0.1) is 27.4 Å². The van der Waals surface area contributed by atoms with Gasteiger partial charge in [-0.05, 0) is 31.0 Å². The second-order valence-electron chi connectivity index (χ2n) is 9.74. The lowest BCUT2D eigenvalue weighted by atomic mass is 9.99. The van der Waals surface area contributed by atoms with E-state index in [1.807, 2.05) is 36.4 Å². The van der Waals surface area contributed by atoms with Gasteiger partial charge in [0.2, 0.25) is 11.8 Å². The van der Waals surface area contributed by atoms with E-state index < -0.39 is 16.9 Å². The van der Waals surface area contributed by atoms with Crippen LogP contribution < -0.4 is 4.90 Å². The van der Waals surface area contributed by atoms with E-state index in [0.29, 0.717) is 40.9 Å². The minimum Gasteiger partial charge on any atom is -0.341 e. The molecule has 0 aliphatic carbocycles. The summed E-state index contributed by atoms with van der Waals surface area (Å²) < 4.78 is 30.9. The number of anilines is 1. The Kier molecular flexibility index (Phi) is 7.33. The van der Waals surface area contributed by atoms with Crippen LogP contribution in [0.15, 0.2) is 72.8 Å². The number of fused-ring (bicyclic) bond motifs is 1. The van der Waals surface area contributed by atoms with Crippen molar-refractivity contribution in [3.05, 3.63) is 101 Å². The van der Waals surface area contributed by atoms with Gasteiger partial charge in [0.1, 0.15) is 24.0 Å². The summed E-state index contributed by atoms with van der Waals surface area (Å²) in [4.78, 5) is 30.4. The number of benzene rings is 3. The zero-order chi connectivity index (χ0) is 27.8. The Hall–Kier alpha value is -3.69. The predicted octanol–water partition coefficient (Wildman–Crippen LogP) is 6.26. The molecular formula is C30H25ClF2N4O2S. The molecule has 0 radical (unpaired) electrons. The van der Waals surface area contributed by atoms with Gasteiger partial charge < -0.3 is 4.90 Å². The van der Waals surface area contributed by atoms with Gasteiger partial charge in [0.25, 0.3) is 0 Å². The summed E-state index contributed by atoms with van der Waals surface area (Å²) >= 11 is 7.87. The summed E-state index contributed by atoms with van der Waals surface area (Å²) in [5.41, 5.74) is 2.56. The molecule has 3 heterocycles. The Labute approximate surface area is 239 Å². The van der Waals surface area contributed by atoms with Crippen LogP contribution in [0.4, 0.5) is 14.6 Å². The highest BCUT2D eigenvalue weighted by Gasteiger charge is 2.39. The van der Waals surface area contributed by atoms with Gasteiger partial charge in [-0.15, -0.1) is 11.8 Å². The van der Waals surface area contributed by atoms with Crippen LogP contribution >= 0.6 is 23.4 Å². The van der Waals surface area contributed by atoms with Crippen LogP contribution in [0.1, 0.15) is 29.2 Å². The third-order valence-corrected chi connectivity index (χ3v) is 8.77. The normalized spacial score (nSPS) is 17.2. The van der Waals surface area contributed by atoms with Crippen LogP contribution in [0.25, 0.3) is 16.9 Å². The fourth-order valence-corrected chi connectivity index (χ4v) is 6.72. The van der Waals surface area contributed by atoms with Gasteiger partial charge >= 0.3 is 0 Å². The van der Waals surface area contributed by atoms with E-state index in [9.17, 15) is 14.0 Å². The molecule has 3 aromatic carbocycles. The number of carbonyl (C=O) groups excluding carboxylic acids is 2. The maximum absolute atomic E-state index is 15.3. The second kappa shape index (κ2) is 11.1. The van der Waals surface area contributed by atoms with Crippen LogP contribution in [0, 0.1) is 11.6 Å². The number of likely N-dealkylation sites (tertiary alicyclic amines) is 1. The van der Waals surface area contributed by atoms with Crippen LogP contribution in [0.2, 0.25) is 5.02 Å². The van der Waals surface area contributed by atoms with Gasteiger partial charge in [-0.1, -0.05) is 60.1 Å². The van der Waals surface area contributed by atoms with Crippen LogP contribution in [-0.4, -0.2) is 51.9 Å². The molecule has 0 spiro atoms. The van der Waals surface area contributed by atoms with Crippen LogP contribution in [0.5, 0.6) is 0 Å². The summed E-state index contributed by atoms with van der Waals surface area (Å²) in [6.07, 6.45) is 1.84. The van der Waals surface area contributed by atoms with E-state index in [4.69, 9.17) is 16.7 Å². The average Bonchev–Trinajstić information content (AvgIpc) is 3.60. The molecule has 4 aromatic rings. The molecule has 1 fully saturated rings. The standard InChI is InChI=1S/C30H25ClF2N4O2S/c31-22-10-4-5-11-24(22)37-30-27(28(34-37)19-8-2-1-3-9-19)29(21-13-12-20(32)16-23(21)33)40-18-26(39)36(30)17-25(38)35-14-6-7-15-35/h1-5,8-13,16,29H,6-7,14-15,17-18H2. The fourth-order valence-electron chi connectivity index (χ4n) is 5.28. The van der Waals surface area contributed by atoms with E-state index in [1.54, 1.807) is 27.8 Å². The van der Waals surface area contributed by atoms with E-state index >= 15 is 4.39 Å². The number of para-hydroxylation sites is 1. The van der Waals surface area contributed by atoms with Crippen molar-refractivity contribution in [3.8, 4) is 16.9 Å². The number of nitrogens with zero attached hydrogens (tertiary/aromatic N) is 4. The minimum atomic E-state index is -0.720. The fraction of sp³-hybridized carbons (Fsp3) is 0.233. The smallest absolute Gasteiger partial charge is 0.242 e. The molecule has 6 nitrogen and oxygen atoms in total. The number of thioether (sulfide) groups is 1. The first-order valence-corrected chi connectivity index (χ1v) is 14.4. The lowest BCUT2D eigenvalue weighted by molar-refractivity contribution is -0.130. The SMILES string of the molecule is O=C(CN1C(=O)CSC(c2ccc(F)cc2F)c2c(-c3ccccc3)nn(-c3ccccc3Cl)c21)N1CCCC1. The van der Waals surface area contributed by atoms with E-state index in [1.165, 1.54) is 28.8 Å². The average molecular weight is 579 g/mol. The van der Waals surface area contributed by atoms with Crippen LogP contribution in [0.3, 0.4) is 0 Å². The Morgan fingerprint density at radius 3 is 2.45 bits per heavy atom. The topological polar surface area (TPSA) is 58.4 Å². The van der Waals surface area contributed by atoms with E-state index in [0.717, 1.165) is 24.5 Å². The molecule has 2 amide bonds. The zero-order valence-corrected chi connectivity index (χ0v) is 23.0. The second-order valence-corrected chi connectivity index (χ2v) is 11.2. The highest BCUT2D eigenvalue weighted by Crippen LogP contribution is 2.49. The molecule has 1 unspecified atom stereocenters. The molecule has 1 aromatic heterocycles. The summed E-state index contributed by atoms with van der Waals surface area (Å²) in [6, 6.07) is 19.9. The molecule has 0 N–H and O–H groups in total. The third-order valence-electron chi connectivity index (χ3n) is 7.21. The Morgan fingerprint density at radius 2 is 1.73 bits per heavy atom. The molecule has 204 valence electrons. The van der Waals surface area contributed by atoms with Crippen molar-refractivity contribution >= 4 is 41.0 Å². The molecule has 2 aliphatic rings. The number of amides is 2. The van der Waals surface area contributed by atoms with Crippen molar-refractivity contribution in [2.24, 2.45) is 0 Å². The number of aromatic nitrogens is 2. The lowest BCUT2D eigenvalue weighted by Gasteiger charge is -2.25. The molecule has 1 atom stereocenters. The highest BCUT2D eigenvalue weighted by atomic mass is 35.5. The first-order chi connectivity index (χ1) is 19.4. The lowest BCUT2D eigenvalue weighted by Crippen LogP contribution is -2.43. The van der Waals surface area contributed by atoms with E-state index in [2.05, 4.69) is 0 Å². The Bertz CT molecular complexity index is 1590. The van der Waals surface area contributed by atoms with Gasteiger partial charge in [-0.2, -0.15) is 5.10 Å². The van der Waals surface area contributed by atoms with Gasteiger partial charge in [0.15, 0.2) is 0 Å². The predicted molar refractivity (Wildman–Crippen MR) is 153 cm³/mol. The Morgan fingerprint density at radius 1 is 1.00 bits per heavy atom. The first kappa shape index (κ1) is 26.5. The van der Waals surface area contributed by atoms with Crippen LogP contribution in [-0.2, 0) is 9.59 Å². The number of hydrogen-bond donors (Lipinski definition) is 0. The van der Waals surface area contributed by atoms with Crippen molar-refractivity contribution in [2.75, 3.05) is 30.3 Å². The summed E-state index contributed by atoms with van der Waals surface area (Å²) in [6.45, 7) is 1.10. The molecular weight excluding hydrogens is 554 g/mol. The molecule has 1 saturated heterocycles. The summed E-state index contributed by atoms with van der Waals surface area (Å²) in [5.74, 6) is -1.55. The third kappa shape index (κ3) is 4.88. The maximum Gasteiger partial charge on any atom is 0.242 e. The maximum atomic E-state index is 15.3. The minimum absolute atomic E-state index is 0.0137. The molecule has 0 bridgehead atoms. The van der Waals surface area contributed by atoms with Gasteiger partial charge in [-0.3, -0.25) is 14.5 Å². The molecule has 40 heavy (non-hydrogen) atoms. The number of carbonyl (C=O) groups is 2. The quantitative estimate of drug-likeness (QED) is 0.280. The zero-order valence-electron chi connectivity index (χ0n) is 21.4. The number of hydrogen-bond acceptors (Lipinski definition) is 4. The largest absolute Gasteiger partial charge is 0.341 e. The van der Waals surface area contributed by atoms with Gasteiger partial charge in [0, 0.05) is 35.8 Å². The first-order valence-electron chi connectivity index (χ1n) is 13.0. The molecule has 6 rings (SSSR count). The van der Waals surface area contributed by atoms with Crippen molar-refractivity contribution in [3.63, 3.8) is 0 Å². The van der Waals surface area contributed by atoms with Crippen molar-refractivity contribution < 1.29 is 18.4 Å². The summed E-state index contributed by atoms with van der Waals surface area (Å²) in [5, 5.41) is 4.64. The summed E-state index contributed by atoms with van der Waals surface area (Å²) in [7, 11) is 0. The highest BCUT2D eigenvalue weighted by molar-refractivity contribution is 8.00. The Balaban J connectivity index is 1.63. The van der Waals surface area contributed by atoms with Gasteiger partial charge in [-0.25, -0.2) is 13.5 Å². The number of rotatable bonds is 5. The molecule has 10 heteroatoms. The van der Waals surface area contributed by atoms with Crippen molar-refractivity contribution in [1.29, 1.82) is 0 Å². The monoisotopic (exact) mass is 578 g/mol. The molecule has 2 aliphatic heterocycles. The van der Waals surface area contributed by atoms with Crippen molar-refractivity contribution in [1.82, 2.24) is 14.7 Å². The van der Waals surface area contributed by atoms with E-state index in [-0.39, 0.29) is 29.7 Å². The number of halogens is 3. The molecule has 0 saturated carbocycles.